The zero-order valence-corrected chi connectivity index (χ0v) is 28.7. The molecule has 12 heteroatoms. The van der Waals surface area contributed by atoms with E-state index in [1.54, 1.807) is 32.8 Å². The summed E-state index contributed by atoms with van der Waals surface area (Å²) >= 11 is 0. The molecular formula is C36H51N5O7. The van der Waals surface area contributed by atoms with Crippen molar-refractivity contribution < 1.29 is 33.4 Å². The van der Waals surface area contributed by atoms with Crippen LogP contribution in [-0.2, 0) is 35.2 Å². The molecule has 1 saturated carbocycles. The number of allylic oxidation sites excluding steroid dienone is 1. The van der Waals surface area contributed by atoms with E-state index < -0.39 is 41.3 Å². The van der Waals surface area contributed by atoms with E-state index in [0.29, 0.717) is 45.2 Å². The highest BCUT2D eigenvalue weighted by Crippen LogP contribution is 2.47. The average molecular weight is 666 g/mol. The van der Waals surface area contributed by atoms with E-state index in [9.17, 15) is 24.0 Å². The number of methoxy groups -OCH3 is 1. The molecule has 3 fully saturated rings. The number of rotatable bonds is 6. The Bertz CT molecular complexity index is 1380. The predicted molar refractivity (Wildman–Crippen MR) is 178 cm³/mol. The standard InChI is InChI=1S/C36H51N5O7/c1-35(2,3)48-34(46)38-27-17-12-7-5-6-11-16-25-21-36(25,39-31(43)29-20-26(47-4)23-41(29)32(27)44)33(45)40-19-13-18-28(40)30(42)37-22-24-14-9-8-10-15-24/h8-11,14-16,25-29H,5-7,12-13,17-23H2,1-4H3,(H,37,42)(H,38,46)(H,39,43)/b16-11-/t25-,26-,27+,28+,29+,36-/m1/s1. The van der Waals surface area contributed by atoms with Crippen LogP contribution < -0.4 is 16.0 Å². The second kappa shape index (κ2) is 15.1. The molecule has 0 spiro atoms. The molecular weight excluding hydrogens is 614 g/mol. The van der Waals surface area contributed by atoms with Crippen LogP contribution in [0.15, 0.2) is 42.5 Å². The van der Waals surface area contributed by atoms with Crippen LogP contribution in [0.2, 0.25) is 0 Å². The summed E-state index contributed by atoms with van der Waals surface area (Å²) in [5.41, 5.74) is -0.977. The molecule has 2 saturated heterocycles. The number of benzene rings is 1. The predicted octanol–water partition coefficient (Wildman–Crippen LogP) is 3.20. The van der Waals surface area contributed by atoms with Gasteiger partial charge < -0.3 is 35.2 Å². The highest BCUT2D eigenvalue weighted by atomic mass is 16.6. The monoisotopic (exact) mass is 665 g/mol. The molecule has 3 heterocycles. The number of ether oxygens (including phenoxy) is 2. The first-order valence-electron chi connectivity index (χ1n) is 17.4. The van der Waals surface area contributed by atoms with Crippen molar-refractivity contribution in [1.82, 2.24) is 25.8 Å². The third-order valence-electron chi connectivity index (χ3n) is 9.77. The molecule has 0 bridgehead atoms. The first kappa shape index (κ1) is 35.4. The maximum atomic E-state index is 14.4. The maximum Gasteiger partial charge on any atom is 0.408 e. The lowest BCUT2D eigenvalue weighted by molar-refractivity contribution is -0.145. The van der Waals surface area contributed by atoms with Gasteiger partial charge >= 0.3 is 6.09 Å². The van der Waals surface area contributed by atoms with Gasteiger partial charge in [-0.3, -0.25) is 19.2 Å². The van der Waals surface area contributed by atoms with Gasteiger partial charge in [0.1, 0.15) is 29.3 Å². The summed E-state index contributed by atoms with van der Waals surface area (Å²) in [5, 5.41) is 8.82. The Morgan fingerprint density at radius 2 is 1.81 bits per heavy atom. The van der Waals surface area contributed by atoms with Crippen LogP contribution >= 0.6 is 0 Å². The lowest BCUT2D eigenvalue weighted by Crippen LogP contribution is -2.59. The Labute approximate surface area is 283 Å². The summed E-state index contributed by atoms with van der Waals surface area (Å²) in [6.45, 7) is 6.24. The van der Waals surface area contributed by atoms with Gasteiger partial charge in [-0.25, -0.2) is 4.79 Å². The summed E-state index contributed by atoms with van der Waals surface area (Å²) in [6.07, 6.45) is 8.50. The normalized spacial score (nSPS) is 30.2. The van der Waals surface area contributed by atoms with Crippen molar-refractivity contribution in [2.24, 2.45) is 5.92 Å². The summed E-state index contributed by atoms with van der Waals surface area (Å²) in [4.78, 5) is 71.8. The van der Waals surface area contributed by atoms with Gasteiger partial charge in [-0.15, -0.1) is 0 Å². The van der Waals surface area contributed by atoms with Gasteiger partial charge in [0.25, 0.3) is 0 Å². The van der Waals surface area contributed by atoms with Gasteiger partial charge in [-0.2, -0.15) is 0 Å². The lowest BCUT2D eigenvalue weighted by atomic mass is 10.0. The van der Waals surface area contributed by atoms with Crippen LogP contribution in [0.3, 0.4) is 0 Å². The number of nitrogens with one attached hydrogen (secondary N) is 3. The van der Waals surface area contributed by atoms with Gasteiger partial charge in [-0.05, 0) is 64.9 Å². The van der Waals surface area contributed by atoms with Crippen molar-refractivity contribution in [2.75, 3.05) is 20.2 Å². The fourth-order valence-electron chi connectivity index (χ4n) is 7.12. The molecule has 1 aliphatic carbocycles. The summed E-state index contributed by atoms with van der Waals surface area (Å²) in [5.74, 6) is -1.52. The third-order valence-corrected chi connectivity index (χ3v) is 9.77. The first-order chi connectivity index (χ1) is 22.9. The fourth-order valence-corrected chi connectivity index (χ4v) is 7.12. The lowest BCUT2D eigenvalue weighted by Gasteiger charge is -2.32. The minimum Gasteiger partial charge on any atom is -0.444 e. The summed E-state index contributed by atoms with van der Waals surface area (Å²) < 4.78 is 11.1. The molecule has 0 radical (unpaired) electrons. The Morgan fingerprint density at radius 1 is 1.04 bits per heavy atom. The van der Waals surface area contributed by atoms with Crippen molar-refractivity contribution in [3.63, 3.8) is 0 Å². The van der Waals surface area contributed by atoms with Crippen molar-refractivity contribution >= 4 is 29.7 Å². The van der Waals surface area contributed by atoms with Gasteiger partial charge in [0.15, 0.2) is 0 Å². The molecule has 3 N–H and O–H groups in total. The molecule has 6 atom stereocenters. The second-order valence-electron chi connectivity index (χ2n) is 14.5. The Kier molecular flexibility index (Phi) is 11.1. The average Bonchev–Trinajstić information content (AvgIpc) is 3.36. The van der Waals surface area contributed by atoms with Crippen LogP contribution in [0.1, 0.15) is 84.1 Å². The summed E-state index contributed by atoms with van der Waals surface area (Å²) in [6, 6.07) is 7.21. The smallest absolute Gasteiger partial charge is 0.408 e. The molecule has 0 aromatic heterocycles. The van der Waals surface area contributed by atoms with Gasteiger partial charge in [0, 0.05) is 39.1 Å². The van der Waals surface area contributed by atoms with Gasteiger partial charge in [0.05, 0.1) is 6.10 Å². The molecule has 5 rings (SSSR count). The van der Waals surface area contributed by atoms with Crippen molar-refractivity contribution in [1.29, 1.82) is 0 Å². The number of alkyl carbamates (subject to hydrolysis) is 1. The third kappa shape index (κ3) is 8.37. The van der Waals surface area contributed by atoms with E-state index in [1.807, 2.05) is 36.4 Å². The Morgan fingerprint density at radius 3 is 2.54 bits per heavy atom. The highest BCUT2D eigenvalue weighted by Gasteiger charge is 2.63. The quantitative estimate of drug-likeness (QED) is 0.396. The first-order valence-corrected chi connectivity index (χ1v) is 17.4. The number of carbonyl (C=O) groups is 5. The molecule has 5 amide bonds. The Balaban J connectivity index is 1.36. The molecule has 48 heavy (non-hydrogen) atoms. The van der Waals surface area contributed by atoms with Crippen molar-refractivity contribution in [2.45, 2.75) is 120 Å². The molecule has 3 aliphatic heterocycles. The number of carbonyl (C=O) groups excluding carboxylic acids is 5. The number of hydrogen-bond donors (Lipinski definition) is 3. The van der Waals surface area contributed by atoms with Crippen molar-refractivity contribution in [3.8, 4) is 0 Å². The molecule has 0 unspecified atom stereocenters. The number of amides is 5. The van der Waals surface area contributed by atoms with Crippen molar-refractivity contribution in [3.05, 3.63) is 48.0 Å². The molecule has 1 aromatic carbocycles. The van der Waals surface area contributed by atoms with E-state index in [2.05, 4.69) is 22.0 Å². The van der Waals surface area contributed by atoms with E-state index in [4.69, 9.17) is 9.47 Å². The molecule has 262 valence electrons. The molecule has 1 aromatic rings. The fraction of sp³-hybridized carbons (Fsp3) is 0.639. The largest absolute Gasteiger partial charge is 0.444 e. The van der Waals surface area contributed by atoms with Gasteiger partial charge in [0.2, 0.25) is 23.6 Å². The summed E-state index contributed by atoms with van der Waals surface area (Å²) in [7, 11) is 1.54. The van der Waals surface area contributed by atoms with Gasteiger partial charge in [-0.1, -0.05) is 55.3 Å². The highest BCUT2D eigenvalue weighted by molar-refractivity contribution is 6.00. The van der Waals surface area contributed by atoms with E-state index >= 15 is 0 Å². The topological polar surface area (TPSA) is 146 Å². The number of fused-ring (bicyclic) bond motifs is 2. The second-order valence-corrected chi connectivity index (χ2v) is 14.5. The van der Waals surface area contributed by atoms with E-state index in [1.165, 1.54) is 4.90 Å². The van der Waals surface area contributed by atoms with E-state index in [-0.39, 0.29) is 42.7 Å². The number of hydrogen-bond acceptors (Lipinski definition) is 7. The minimum atomic E-state index is -1.20. The SMILES string of the molecule is CO[C@@H]1C[C@H]2C(=O)N[C@]3(C(=O)N4CCC[C@H]4C(=O)NCc4ccccc4)C[C@H]3/C=C\CCCCC[C@H](NC(=O)OC(C)(C)C)C(=O)N2C1. The van der Waals surface area contributed by atoms with Crippen LogP contribution in [0.4, 0.5) is 4.79 Å². The maximum absolute atomic E-state index is 14.4. The minimum absolute atomic E-state index is 0.181. The number of likely N-dealkylation sites (tertiary alicyclic amines) is 1. The van der Waals surface area contributed by atoms with Crippen LogP contribution in [0, 0.1) is 5.92 Å². The zero-order valence-electron chi connectivity index (χ0n) is 28.7. The van der Waals surface area contributed by atoms with Crippen LogP contribution in [-0.4, -0.2) is 95.1 Å². The molecule has 12 nitrogen and oxygen atoms in total. The Hall–Kier alpha value is -3.93. The zero-order chi connectivity index (χ0) is 34.5. The van der Waals surface area contributed by atoms with Crippen LogP contribution in [0.25, 0.3) is 0 Å². The van der Waals surface area contributed by atoms with Crippen LogP contribution in [0.5, 0.6) is 0 Å². The molecule has 4 aliphatic rings. The number of nitrogens with zero attached hydrogens (tertiary/aromatic N) is 2. The van der Waals surface area contributed by atoms with E-state index in [0.717, 1.165) is 24.8 Å².